The molecule has 1 heterocycles. The summed E-state index contributed by atoms with van der Waals surface area (Å²) in [5.74, 6) is -0.213. The highest BCUT2D eigenvalue weighted by Crippen LogP contribution is 2.00. The first-order valence-electron chi connectivity index (χ1n) is 2.92. The number of alkyl halides is 1. The monoisotopic (exact) mass is 211 g/mol. The van der Waals surface area contributed by atoms with E-state index in [9.17, 15) is 4.79 Å². The zero-order valence-corrected chi connectivity index (χ0v) is 6.84. The number of nitrogens with one attached hydrogen (secondary N) is 1. The highest BCUT2D eigenvalue weighted by atomic mass is 79.9. The molecule has 3 unspecified atom stereocenters. The van der Waals surface area contributed by atoms with E-state index in [0.717, 1.165) is 0 Å². The Morgan fingerprint density at radius 3 is 2.90 bits per heavy atom. The van der Waals surface area contributed by atoms with Crippen LogP contribution in [0.4, 0.5) is 0 Å². The third kappa shape index (κ3) is 1.46. The van der Waals surface area contributed by atoms with Gasteiger partial charge in [-0.05, 0) is 0 Å². The number of carbonyl (C=O) groups is 1. The van der Waals surface area contributed by atoms with Gasteiger partial charge in [0.2, 0.25) is 6.17 Å². The van der Waals surface area contributed by atoms with Gasteiger partial charge in [0, 0.05) is 0 Å². The van der Waals surface area contributed by atoms with Crippen molar-refractivity contribution in [2.45, 2.75) is 17.3 Å². The van der Waals surface area contributed by atoms with Gasteiger partial charge in [-0.25, -0.2) is 0 Å². The summed E-state index contributed by atoms with van der Waals surface area (Å²) < 4.78 is 0. The van der Waals surface area contributed by atoms with E-state index in [0.29, 0.717) is 0 Å². The molecular weight excluding hydrogens is 202 g/mol. The molecule has 0 radical (unpaired) electrons. The Hall–Kier alpha value is -0.170. The molecule has 0 aromatic heterocycles. The van der Waals surface area contributed by atoms with Gasteiger partial charge in [-0.3, -0.25) is 15.4 Å². The summed E-state index contributed by atoms with van der Waals surface area (Å²) in [7, 11) is 0. The molecule has 0 aromatic rings. The average Bonchev–Trinajstić information content (AvgIpc) is 1.82. The quantitative estimate of drug-likeness (QED) is 0.311. The summed E-state index contributed by atoms with van der Waals surface area (Å²) in [6, 6.07) is 0. The zero-order valence-electron chi connectivity index (χ0n) is 5.25. The first-order chi connectivity index (χ1) is 4.61. The van der Waals surface area contributed by atoms with Crippen LogP contribution in [-0.2, 0) is 4.79 Å². The normalized spacial score (nSPS) is 41.1. The lowest BCUT2D eigenvalue weighted by atomic mass is 10.3. The summed E-state index contributed by atoms with van der Waals surface area (Å²) >= 11 is 3.13. The maximum Gasteiger partial charge on any atom is 0.275 e. The fraction of sp³-hybridized carbons (Fsp3) is 0.750. The van der Waals surface area contributed by atoms with Gasteiger partial charge >= 0.3 is 0 Å². The van der Waals surface area contributed by atoms with Crippen LogP contribution in [-0.4, -0.2) is 28.4 Å². The molecule has 5 nitrogen and oxygen atoms in total. The van der Waals surface area contributed by atoms with Crippen LogP contribution < -0.4 is 16.4 Å². The number of rotatable bonds is 0. The Labute approximate surface area is 66.1 Å². The Balaban J connectivity index is 2.57. The van der Waals surface area contributed by atoms with E-state index in [-0.39, 0.29) is 16.9 Å². The van der Waals surface area contributed by atoms with Crippen LogP contribution in [0.5, 0.6) is 0 Å². The Morgan fingerprint density at radius 2 is 2.40 bits per heavy atom. The van der Waals surface area contributed by atoms with E-state index in [1.54, 1.807) is 5.32 Å². The van der Waals surface area contributed by atoms with Gasteiger partial charge in [0.25, 0.3) is 12.3 Å². The second kappa shape index (κ2) is 2.83. The lowest BCUT2D eigenvalue weighted by Crippen LogP contribution is -3.11. The molecule has 0 spiro atoms. The van der Waals surface area contributed by atoms with Crippen molar-refractivity contribution in [2.24, 2.45) is 0 Å². The van der Waals surface area contributed by atoms with Crippen molar-refractivity contribution in [1.82, 2.24) is 5.32 Å². The molecule has 0 aromatic carbocycles. The first kappa shape index (κ1) is 7.93. The third-order valence-electron chi connectivity index (χ3n) is 1.35. The summed E-state index contributed by atoms with van der Waals surface area (Å²) in [5, 5.41) is 12.8. The SMILES string of the molecule is [NH3+]C1[NH2+]C(O)NC(=O)C1Br. The van der Waals surface area contributed by atoms with Crippen LogP contribution in [0.1, 0.15) is 0 Å². The predicted octanol–water partition coefficient (Wildman–Crippen LogP) is -3.71. The molecule has 1 rings (SSSR count). The molecule has 58 valence electrons. The number of halogens is 1. The van der Waals surface area contributed by atoms with Crippen molar-refractivity contribution >= 4 is 21.8 Å². The van der Waals surface area contributed by atoms with E-state index in [1.807, 2.05) is 0 Å². The molecule has 0 bridgehead atoms. The third-order valence-corrected chi connectivity index (χ3v) is 2.44. The minimum absolute atomic E-state index is 0.163. The molecule has 1 saturated heterocycles. The van der Waals surface area contributed by atoms with E-state index in [1.165, 1.54) is 0 Å². The second-order valence-corrected chi connectivity index (χ2v) is 3.20. The van der Waals surface area contributed by atoms with Crippen molar-refractivity contribution in [3.05, 3.63) is 0 Å². The number of amides is 1. The Kier molecular flexibility index (Phi) is 2.24. The smallest absolute Gasteiger partial charge is 0.275 e. The molecule has 1 aliphatic rings. The lowest BCUT2D eigenvalue weighted by molar-refractivity contribution is -0.857. The maximum absolute atomic E-state index is 10.8. The second-order valence-electron chi connectivity index (χ2n) is 2.21. The fourth-order valence-corrected chi connectivity index (χ4v) is 1.11. The van der Waals surface area contributed by atoms with Crippen molar-refractivity contribution in [3.8, 4) is 0 Å². The molecule has 0 aliphatic carbocycles. The number of carbonyl (C=O) groups excluding carboxylic acids is 1. The van der Waals surface area contributed by atoms with E-state index in [2.05, 4.69) is 27.0 Å². The number of hydrogen-bond acceptors (Lipinski definition) is 2. The number of hydrogen-bond donors (Lipinski definition) is 4. The number of aliphatic hydroxyl groups excluding tert-OH is 1. The van der Waals surface area contributed by atoms with Crippen LogP contribution in [0.2, 0.25) is 0 Å². The van der Waals surface area contributed by atoms with Crippen molar-refractivity contribution in [2.75, 3.05) is 0 Å². The molecular formula is C4H10BrN3O2+2. The van der Waals surface area contributed by atoms with E-state index in [4.69, 9.17) is 5.11 Å². The Bertz CT molecular complexity index is 153. The van der Waals surface area contributed by atoms with Crippen LogP contribution in [0.25, 0.3) is 0 Å². The molecule has 10 heavy (non-hydrogen) atoms. The van der Waals surface area contributed by atoms with Crippen molar-refractivity contribution in [3.63, 3.8) is 0 Å². The molecule has 7 N–H and O–H groups in total. The molecule has 1 amide bonds. The van der Waals surface area contributed by atoms with Gasteiger partial charge in [-0.1, -0.05) is 15.9 Å². The Morgan fingerprint density at radius 1 is 1.80 bits per heavy atom. The summed E-state index contributed by atoms with van der Waals surface area (Å²) in [6.45, 7) is 0. The van der Waals surface area contributed by atoms with Crippen LogP contribution in [0.15, 0.2) is 0 Å². The lowest BCUT2D eigenvalue weighted by Gasteiger charge is -2.23. The van der Waals surface area contributed by atoms with Crippen molar-refractivity contribution in [1.29, 1.82) is 0 Å². The summed E-state index contributed by atoms with van der Waals surface area (Å²) in [5.41, 5.74) is 3.66. The van der Waals surface area contributed by atoms with Gasteiger partial charge in [-0.2, -0.15) is 0 Å². The fourth-order valence-electron chi connectivity index (χ4n) is 0.800. The largest absolute Gasteiger partial charge is 0.327 e. The van der Waals surface area contributed by atoms with Gasteiger partial charge in [0.1, 0.15) is 0 Å². The van der Waals surface area contributed by atoms with Gasteiger partial charge in [0.15, 0.2) is 4.83 Å². The van der Waals surface area contributed by atoms with E-state index < -0.39 is 6.35 Å². The van der Waals surface area contributed by atoms with Crippen LogP contribution in [0, 0.1) is 0 Å². The number of quaternary nitrogens is 2. The molecule has 3 atom stereocenters. The molecule has 0 saturated carbocycles. The number of nitrogens with two attached hydrogens (primary N) is 1. The summed E-state index contributed by atoms with van der Waals surface area (Å²) in [6.07, 6.45) is -1.01. The van der Waals surface area contributed by atoms with Crippen molar-refractivity contribution < 1.29 is 21.0 Å². The zero-order chi connectivity index (χ0) is 7.72. The van der Waals surface area contributed by atoms with Gasteiger partial charge in [0.05, 0.1) is 0 Å². The molecule has 1 aliphatic heterocycles. The topological polar surface area (TPSA) is 93.6 Å². The summed E-state index contributed by atoms with van der Waals surface area (Å²) in [4.78, 5) is 10.5. The molecule has 1 fully saturated rings. The highest BCUT2D eigenvalue weighted by molar-refractivity contribution is 9.10. The maximum atomic E-state index is 10.8. The van der Waals surface area contributed by atoms with E-state index >= 15 is 0 Å². The molecule has 6 heteroatoms. The minimum atomic E-state index is -0.844. The van der Waals surface area contributed by atoms with Gasteiger partial charge in [-0.15, -0.1) is 0 Å². The van der Waals surface area contributed by atoms with Crippen LogP contribution in [0.3, 0.4) is 0 Å². The predicted molar refractivity (Wildman–Crippen MR) is 35.5 cm³/mol. The van der Waals surface area contributed by atoms with Gasteiger partial charge < -0.3 is 10.8 Å². The number of aliphatic hydroxyl groups is 1. The standard InChI is InChI=1S/C4H8BrN3O2/c5-1-2(6)7-4(10)8-3(1)9/h1-2,4,7,10H,6H2,(H,8,9)/p+2. The highest BCUT2D eigenvalue weighted by Gasteiger charge is 2.36. The average molecular weight is 212 g/mol. The first-order valence-corrected chi connectivity index (χ1v) is 3.83. The van der Waals surface area contributed by atoms with Crippen LogP contribution >= 0.6 is 15.9 Å². The minimum Gasteiger partial charge on any atom is -0.327 e.